The van der Waals surface area contributed by atoms with E-state index in [1.807, 2.05) is 19.9 Å². The van der Waals surface area contributed by atoms with Crippen molar-refractivity contribution in [2.24, 2.45) is 0 Å². The van der Waals surface area contributed by atoms with Crippen LogP contribution in [0.5, 0.6) is 5.75 Å². The predicted octanol–water partition coefficient (Wildman–Crippen LogP) is 1.54. The average Bonchev–Trinajstić information content (AvgIpc) is 2.37. The van der Waals surface area contributed by atoms with Gasteiger partial charge in [-0.1, -0.05) is 13.0 Å². The van der Waals surface area contributed by atoms with Gasteiger partial charge in [-0.2, -0.15) is 0 Å². The minimum absolute atomic E-state index is 0.00266. The fourth-order valence-electron chi connectivity index (χ4n) is 1.67. The number of likely N-dealkylation sites (N-methyl/N-ethyl adjacent to an activating group) is 1. The van der Waals surface area contributed by atoms with Crippen molar-refractivity contribution < 1.29 is 9.53 Å². The van der Waals surface area contributed by atoms with Gasteiger partial charge >= 0.3 is 0 Å². The third-order valence-electron chi connectivity index (χ3n) is 2.91. The van der Waals surface area contributed by atoms with E-state index < -0.39 is 0 Å². The van der Waals surface area contributed by atoms with E-state index in [0.29, 0.717) is 13.1 Å². The minimum Gasteiger partial charge on any atom is -0.496 e. The van der Waals surface area contributed by atoms with Crippen molar-refractivity contribution in [3.05, 3.63) is 28.8 Å². The Bertz CT molecular complexity index is 417. The fourth-order valence-corrected chi connectivity index (χ4v) is 1.67. The van der Waals surface area contributed by atoms with Crippen molar-refractivity contribution in [1.82, 2.24) is 10.6 Å². The Morgan fingerprint density at radius 3 is 2.56 bits per heavy atom. The van der Waals surface area contributed by atoms with Crippen molar-refractivity contribution in [3.8, 4) is 5.75 Å². The summed E-state index contributed by atoms with van der Waals surface area (Å²) in [7, 11) is 1.65. The lowest BCUT2D eigenvalue weighted by Crippen LogP contribution is -2.33. The van der Waals surface area contributed by atoms with E-state index in [4.69, 9.17) is 4.74 Å². The third-order valence-corrected chi connectivity index (χ3v) is 2.91. The van der Waals surface area contributed by atoms with E-state index in [1.54, 1.807) is 7.11 Å². The second-order valence-corrected chi connectivity index (χ2v) is 4.31. The molecule has 100 valence electrons. The molecule has 1 aromatic rings. The number of nitrogens with one attached hydrogen (secondary N) is 2. The molecule has 4 nitrogen and oxygen atoms in total. The number of aryl methyl sites for hydroxylation is 2. The quantitative estimate of drug-likeness (QED) is 0.805. The zero-order chi connectivity index (χ0) is 13.5. The summed E-state index contributed by atoms with van der Waals surface area (Å²) in [6.07, 6.45) is 0. The summed E-state index contributed by atoms with van der Waals surface area (Å²) >= 11 is 0. The first-order valence-corrected chi connectivity index (χ1v) is 6.20. The SMILES string of the molecule is CCNCC(=O)NCc1cc(C)c(C)cc1OC. The number of hydrogen-bond acceptors (Lipinski definition) is 3. The summed E-state index contributed by atoms with van der Waals surface area (Å²) in [4.78, 5) is 11.5. The topological polar surface area (TPSA) is 50.4 Å². The van der Waals surface area contributed by atoms with Crippen molar-refractivity contribution in [2.75, 3.05) is 20.2 Å². The van der Waals surface area contributed by atoms with Crippen molar-refractivity contribution in [1.29, 1.82) is 0 Å². The maximum absolute atomic E-state index is 11.5. The van der Waals surface area contributed by atoms with Crippen molar-refractivity contribution >= 4 is 5.91 Å². The van der Waals surface area contributed by atoms with Gasteiger partial charge in [-0.25, -0.2) is 0 Å². The Hall–Kier alpha value is -1.55. The van der Waals surface area contributed by atoms with Gasteiger partial charge in [0.1, 0.15) is 5.75 Å². The van der Waals surface area contributed by atoms with Gasteiger partial charge in [0.15, 0.2) is 0 Å². The molecule has 0 heterocycles. The van der Waals surface area contributed by atoms with E-state index in [2.05, 4.69) is 23.6 Å². The Morgan fingerprint density at radius 1 is 1.28 bits per heavy atom. The van der Waals surface area contributed by atoms with Crippen molar-refractivity contribution in [3.63, 3.8) is 0 Å². The lowest BCUT2D eigenvalue weighted by atomic mass is 10.0. The van der Waals surface area contributed by atoms with Gasteiger partial charge in [-0.15, -0.1) is 0 Å². The second-order valence-electron chi connectivity index (χ2n) is 4.31. The molecular formula is C14H22N2O2. The Kier molecular flexibility index (Phi) is 5.65. The molecule has 0 unspecified atom stereocenters. The number of amides is 1. The van der Waals surface area contributed by atoms with Crippen LogP contribution in [0, 0.1) is 13.8 Å². The van der Waals surface area contributed by atoms with Gasteiger partial charge in [-0.05, 0) is 37.6 Å². The molecule has 0 aliphatic rings. The molecule has 2 N–H and O–H groups in total. The number of hydrogen-bond donors (Lipinski definition) is 2. The number of ether oxygens (including phenoxy) is 1. The highest BCUT2D eigenvalue weighted by molar-refractivity contribution is 5.78. The van der Waals surface area contributed by atoms with Gasteiger partial charge in [-0.3, -0.25) is 4.79 Å². The van der Waals surface area contributed by atoms with Gasteiger partial charge in [0.25, 0.3) is 0 Å². The average molecular weight is 250 g/mol. The van der Waals surface area contributed by atoms with Gasteiger partial charge in [0.05, 0.1) is 13.7 Å². The van der Waals surface area contributed by atoms with Crippen LogP contribution in [0.15, 0.2) is 12.1 Å². The van der Waals surface area contributed by atoms with E-state index in [1.165, 1.54) is 11.1 Å². The summed E-state index contributed by atoms with van der Waals surface area (Å²) in [5.41, 5.74) is 3.40. The molecule has 4 heteroatoms. The smallest absolute Gasteiger partial charge is 0.234 e. The van der Waals surface area contributed by atoms with Crippen LogP contribution in [0.3, 0.4) is 0 Å². The molecule has 0 saturated heterocycles. The Balaban J connectivity index is 2.66. The molecule has 0 bridgehead atoms. The Labute approximate surface area is 109 Å². The predicted molar refractivity (Wildman–Crippen MR) is 72.9 cm³/mol. The van der Waals surface area contributed by atoms with Crippen LogP contribution < -0.4 is 15.4 Å². The molecule has 1 rings (SSSR count). The highest BCUT2D eigenvalue weighted by atomic mass is 16.5. The summed E-state index contributed by atoms with van der Waals surface area (Å²) in [5.74, 6) is 0.819. The lowest BCUT2D eigenvalue weighted by molar-refractivity contribution is -0.120. The molecule has 0 radical (unpaired) electrons. The van der Waals surface area contributed by atoms with Crippen molar-refractivity contribution in [2.45, 2.75) is 27.3 Å². The van der Waals surface area contributed by atoms with E-state index in [9.17, 15) is 4.79 Å². The standard InChI is InChI=1S/C14H22N2O2/c1-5-15-9-14(17)16-8-12-6-10(2)11(3)7-13(12)18-4/h6-7,15H,5,8-9H2,1-4H3,(H,16,17). The first-order valence-electron chi connectivity index (χ1n) is 6.20. The third kappa shape index (κ3) is 4.04. The fraction of sp³-hybridized carbons (Fsp3) is 0.500. The summed E-state index contributed by atoms with van der Waals surface area (Å²) in [6, 6.07) is 4.06. The number of carbonyl (C=O) groups excluding carboxylic acids is 1. The molecule has 18 heavy (non-hydrogen) atoms. The molecular weight excluding hydrogens is 228 g/mol. The molecule has 0 aliphatic carbocycles. The van der Waals surface area contributed by atoms with Crippen LogP contribution in [0.2, 0.25) is 0 Å². The molecule has 0 atom stereocenters. The number of carbonyl (C=O) groups is 1. The molecule has 0 saturated carbocycles. The Morgan fingerprint density at radius 2 is 1.94 bits per heavy atom. The van der Waals surface area contributed by atoms with Crippen LogP contribution >= 0.6 is 0 Å². The maximum atomic E-state index is 11.5. The zero-order valence-corrected chi connectivity index (χ0v) is 11.6. The maximum Gasteiger partial charge on any atom is 0.234 e. The molecule has 0 spiro atoms. The van der Waals surface area contributed by atoms with Gasteiger partial charge in [0.2, 0.25) is 5.91 Å². The van der Waals surface area contributed by atoms with Crippen LogP contribution in [-0.2, 0) is 11.3 Å². The summed E-state index contributed by atoms with van der Waals surface area (Å²) < 4.78 is 5.33. The molecule has 1 aromatic carbocycles. The first kappa shape index (κ1) is 14.5. The first-order chi connectivity index (χ1) is 8.58. The van der Waals surface area contributed by atoms with Crippen LogP contribution in [-0.4, -0.2) is 26.1 Å². The van der Waals surface area contributed by atoms with Crippen LogP contribution in [0.25, 0.3) is 0 Å². The minimum atomic E-state index is -0.00266. The number of benzene rings is 1. The second kappa shape index (κ2) is 7.01. The highest BCUT2D eigenvalue weighted by Gasteiger charge is 2.07. The molecule has 0 aliphatic heterocycles. The summed E-state index contributed by atoms with van der Waals surface area (Å²) in [6.45, 7) is 7.71. The lowest BCUT2D eigenvalue weighted by Gasteiger charge is -2.12. The normalized spacial score (nSPS) is 10.2. The zero-order valence-electron chi connectivity index (χ0n) is 11.6. The van der Waals surface area contributed by atoms with E-state index in [-0.39, 0.29) is 5.91 Å². The molecule has 1 amide bonds. The molecule has 0 fully saturated rings. The monoisotopic (exact) mass is 250 g/mol. The molecule has 0 aromatic heterocycles. The van der Waals surface area contributed by atoms with Gasteiger partial charge in [0, 0.05) is 12.1 Å². The van der Waals surface area contributed by atoms with Gasteiger partial charge < -0.3 is 15.4 Å². The number of methoxy groups -OCH3 is 1. The van der Waals surface area contributed by atoms with Crippen LogP contribution in [0.4, 0.5) is 0 Å². The summed E-state index contributed by atoms with van der Waals surface area (Å²) in [5, 5.41) is 5.86. The van der Waals surface area contributed by atoms with Crippen LogP contribution in [0.1, 0.15) is 23.6 Å². The highest BCUT2D eigenvalue weighted by Crippen LogP contribution is 2.22. The van der Waals surface area contributed by atoms with E-state index >= 15 is 0 Å². The number of rotatable bonds is 6. The van der Waals surface area contributed by atoms with E-state index in [0.717, 1.165) is 17.9 Å². The largest absolute Gasteiger partial charge is 0.496 e.